The summed E-state index contributed by atoms with van der Waals surface area (Å²) in [7, 11) is 2.15. The third kappa shape index (κ3) is 5.79. The number of rotatable bonds is 6. The molecule has 2 aliphatic rings. The molecule has 0 radical (unpaired) electrons. The molecule has 3 heterocycles. The fourth-order valence-corrected chi connectivity index (χ4v) is 4.67. The number of aromatic amines is 1. The molecule has 168 valence electrons. The summed E-state index contributed by atoms with van der Waals surface area (Å²) in [6.07, 6.45) is 2.28. The van der Waals surface area contributed by atoms with E-state index in [-0.39, 0.29) is 11.8 Å². The smallest absolute Gasteiger partial charge is 0.270 e. The number of nitrogens with zero attached hydrogens (tertiary/aromatic N) is 3. The summed E-state index contributed by atoms with van der Waals surface area (Å²) < 4.78 is 0. The zero-order valence-electron chi connectivity index (χ0n) is 18.2. The number of piperazine rings is 1. The van der Waals surface area contributed by atoms with Gasteiger partial charge in [-0.15, -0.1) is 0 Å². The molecule has 2 N–H and O–H groups in total. The summed E-state index contributed by atoms with van der Waals surface area (Å²) in [5, 5.41) is 4.68. The van der Waals surface area contributed by atoms with Gasteiger partial charge in [0.25, 0.3) is 5.91 Å². The summed E-state index contributed by atoms with van der Waals surface area (Å²) in [5.74, 6) is 0.489. The lowest BCUT2D eigenvalue weighted by Crippen LogP contribution is -2.47. The molecule has 2 saturated heterocycles. The Hall–Kier alpha value is -2.09. The van der Waals surface area contributed by atoms with E-state index in [1.165, 1.54) is 0 Å². The zero-order chi connectivity index (χ0) is 21.8. The number of amides is 2. The predicted octanol–water partition coefficient (Wildman–Crippen LogP) is 2.43. The highest BCUT2D eigenvalue weighted by Gasteiger charge is 2.26. The number of piperidine rings is 1. The minimum atomic E-state index is 0.0161. The average Bonchev–Trinajstić information content (AvgIpc) is 3.18. The number of benzene rings is 1. The molecule has 1 aromatic carbocycles. The number of H-pyrrole nitrogens is 1. The van der Waals surface area contributed by atoms with Gasteiger partial charge in [-0.25, -0.2) is 0 Å². The second-order valence-electron chi connectivity index (χ2n) is 8.85. The van der Waals surface area contributed by atoms with Crippen molar-refractivity contribution in [1.29, 1.82) is 0 Å². The number of carbonyl (C=O) groups excluding carboxylic acids is 2. The van der Waals surface area contributed by atoms with Gasteiger partial charge < -0.3 is 20.1 Å². The topological polar surface area (TPSA) is 71.7 Å². The number of likely N-dealkylation sites (tertiary alicyclic amines) is 1. The fraction of sp³-hybridized carbons (Fsp3) is 0.565. The van der Waals surface area contributed by atoms with E-state index in [1.54, 1.807) is 0 Å². The summed E-state index contributed by atoms with van der Waals surface area (Å²) in [5.41, 5.74) is 1.51. The number of nitrogens with one attached hydrogen (secondary N) is 2. The minimum absolute atomic E-state index is 0.0161. The lowest BCUT2D eigenvalue weighted by Gasteiger charge is -2.32. The maximum absolute atomic E-state index is 12.9. The number of hydrogen-bond donors (Lipinski definition) is 2. The maximum Gasteiger partial charge on any atom is 0.270 e. The lowest BCUT2D eigenvalue weighted by atomic mass is 9.93. The first kappa shape index (κ1) is 22.1. The summed E-state index contributed by atoms with van der Waals surface area (Å²) in [4.78, 5) is 35.0. The van der Waals surface area contributed by atoms with Crippen molar-refractivity contribution in [2.24, 2.45) is 5.92 Å². The van der Waals surface area contributed by atoms with Gasteiger partial charge in [-0.05, 0) is 50.1 Å². The third-order valence-corrected chi connectivity index (χ3v) is 6.77. The van der Waals surface area contributed by atoms with Gasteiger partial charge in [-0.2, -0.15) is 0 Å². The molecular weight excluding hydrogens is 414 g/mol. The Morgan fingerprint density at radius 3 is 2.58 bits per heavy atom. The van der Waals surface area contributed by atoms with Crippen LogP contribution < -0.4 is 5.32 Å². The minimum Gasteiger partial charge on any atom is -0.355 e. The van der Waals surface area contributed by atoms with Gasteiger partial charge in [0, 0.05) is 74.7 Å². The van der Waals surface area contributed by atoms with E-state index >= 15 is 0 Å². The SMILES string of the molecule is CN1CCN(CCNC(=O)CC2CCN(C(=O)c3cc4cc(Cl)ccc4[nH]3)CC2)CC1. The van der Waals surface area contributed by atoms with Crippen LogP contribution in [0.5, 0.6) is 0 Å². The van der Waals surface area contributed by atoms with Gasteiger partial charge in [0.2, 0.25) is 5.91 Å². The quantitative estimate of drug-likeness (QED) is 0.716. The van der Waals surface area contributed by atoms with E-state index in [0.29, 0.717) is 42.7 Å². The second-order valence-corrected chi connectivity index (χ2v) is 9.29. The predicted molar refractivity (Wildman–Crippen MR) is 123 cm³/mol. The van der Waals surface area contributed by atoms with Crippen molar-refractivity contribution in [3.8, 4) is 0 Å². The summed E-state index contributed by atoms with van der Waals surface area (Å²) in [6, 6.07) is 7.43. The highest BCUT2D eigenvalue weighted by molar-refractivity contribution is 6.31. The van der Waals surface area contributed by atoms with Crippen LogP contribution in [0.3, 0.4) is 0 Å². The number of carbonyl (C=O) groups is 2. The van der Waals surface area contributed by atoms with Crippen molar-refractivity contribution in [1.82, 2.24) is 25.0 Å². The summed E-state index contributed by atoms with van der Waals surface area (Å²) in [6.45, 7) is 7.34. The monoisotopic (exact) mass is 445 g/mol. The Balaban J connectivity index is 1.18. The van der Waals surface area contributed by atoms with E-state index in [2.05, 4.69) is 27.1 Å². The molecule has 31 heavy (non-hydrogen) atoms. The molecule has 2 aliphatic heterocycles. The number of halogens is 1. The molecule has 0 atom stereocenters. The van der Waals surface area contributed by atoms with Crippen molar-refractivity contribution < 1.29 is 9.59 Å². The molecule has 7 nitrogen and oxygen atoms in total. The lowest BCUT2D eigenvalue weighted by molar-refractivity contribution is -0.122. The van der Waals surface area contributed by atoms with Gasteiger partial charge in [0.05, 0.1) is 0 Å². The highest BCUT2D eigenvalue weighted by Crippen LogP contribution is 2.24. The van der Waals surface area contributed by atoms with Gasteiger partial charge in [-0.3, -0.25) is 14.5 Å². The van der Waals surface area contributed by atoms with Crippen LogP contribution in [0.25, 0.3) is 10.9 Å². The summed E-state index contributed by atoms with van der Waals surface area (Å²) >= 11 is 6.04. The van der Waals surface area contributed by atoms with Crippen molar-refractivity contribution in [3.63, 3.8) is 0 Å². The van der Waals surface area contributed by atoms with E-state index in [4.69, 9.17) is 11.6 Å². The molecule has 2 aromatic rings. The molecule has 0 bridgehead atoms. The molecule has 2 amide bonds. The van der Waals surface area contributed by atoms with Crippen molar-refractivity contribution in [2.45, 2.75) is 19.3 Å². The van der Waals surface area contributed by atoms with Crippen molar-refractivity contribution >= 4 is 34.3 Å². The van der Waals surface area contributed by atoms with Crippen LogP contribution in [-0.4, -0.2) is 90.9 Å². The highest BCUT2D eigenvalue weighted by atomic mass is 35.5. The first-order valence-electron chi connectivity index (χ1n) is 11.2. The molecule has 0 spiro atoms. The molecule has 2 fully saturated rings. The number of aromatic nitrogens is 1. The standard InChI is InChI=1S/C23H32ClN5O2/c1-27-10-12-28(13-11-27)9-6-25-22(30)14-17-4-7-29(8-5-17)23(31)21-16-18-15-19(24)2-3-20(18)26-21/h2-3,15-17,26H,4-14H2,1H3,(H,25,30). The molecular formula is C23H32ClN5O2. The number of fused-ring (bicyclic) bond motifs is 1. The number of hydrogen-bond acceptors (Lipinski definition) is 4. The fourth-order valence-electron chi connectivity index (χ4n) is 4.49. The number of likely N-dealkylation sites (N-methyl/N-ethyl adjacent to an activating group) is 1. The molecule has 1 aromatic heterocycles. The van der Waals surface area contributed by atoms with Crippen LogP contribution in [-0.2, 0) is 4.79 Å². The van der Waals surface area contributed by atoms with Crippen LogP contribution in [0, 0.1) is 5.92 Å². The molecule has 0 saturated carbocycles. The van der Waals surface area contributed by atoms with E-state index in [0.717, 1.165) is 56.5 Å². The Morgan fingerprint density at radius 1 is 1.10 bits per heavy atom. The van der Waals surface area contributed by atoms with Crippen LogP contribution in [0.2, 0.25) is 5.02 Å². The first-order chi connectivity index (χ1) is 15.0. The van der Waals surface area contributed by atoms with Gasteiger partial charge in [0.1, 0.15) is 5.69 Å². The Labute approximate surface area is 188 Å². The molecule has 4 rings (SSSR count). The van der Waals surface area contributed by atoms with Gasteiger partial charge >= 0.3 is 0 Å². The zero-order valence-corrected chi connectivity index (χ0v) is 19.0. The van der Waals surface area contributed by atoms with E-state index in [1.807, 2.05) is 29.2 Å². The molecule has 0 aliphatic carbocycles. The molecule has 0 unspecified atom stereocenters. The Bertz CT molecular complexity index is 914. The maximum atomic E-state index is 12.9. The van der Waals surface area contributed by atoms with Crippen LogP contribution in [0.4, 0.5) is 0 Å². The van der Waals surface area contributed by atoms with Crippen LogP contribution in [0.1, 0.15) is 29.8 Å². The Morgan fingerprint density at radius 2 is 1.84 bits per heavy atom. The normalized spacial score (nSPS) is 19.1. The molecule has 8 heteroatoms. The van der Waals surface area contributed by atoms with E-state index in [9.17, 15) is 9.59 Å². The van der Waals surface area contributed by atoms with Crippen LogP contribution in [0.15, 0.2) is 24.3 Å². The Kier molecular flexibility index (Phi) is 7.15. The van der Waals surface area contributed by atoms with Crippen LogP contribution >= 0.6 is 11.6 Å². The van der Waals surface area contributed by atoms with Crippen molar-refractivity contribution in [2.75, 3.05) is 59.4 Å². The van der Waals surface area contributed by atoms with E-state index < -0.39 is 0 Å². The van der Waals surface area contributed by atoms with Gasteiger partial charge in [-0.1, -0.05) is 11.6 Å². The second kappa shape index (κ2) is 10.0. The average molecular weight is 446 g/mol. The largest absolute Gasteiger partial charge is 0.355 e. The van der Waals surface area contributed by atoms with Gasteiger partial charge in [0.15, 0.2) is 0 Å². The van der Waals surface area contributed by atoms with Crippen molar-refractivity contribution in [3.05, 3.63) is 35.0 Å². The third-order valence-electron chi connectivity index (χ3n) is 6.54. The first-order valence-corrected chi connectivity index (χ1v) is 11.6.